The molecule has 2 heterocycles. The summed E-state index contributed by atoms with van der Waals surface area (Å²) in [5, 5.41) is 1.92. The number of amides is 1. The summed E-state index contributed by atoms with van der Waals surface area (Å²) >= 11 is 1.48. The van der Waals surface area contributed by atoms with E-state index < -0.39 is 0 Å². The van der Waals surface area contributed by atoms with Crippen LogP contribution < -0.4 is 0 Å². The van der Waals surface area contributed by atoms with Gasteiger partial charge in [0.05, 0.1) is 4.88 Å². The first-order valence-corrected chi connectivity index (χ1v) is 9.30. The molecule has 1 saturated heterocycles. The summed E-state index contributed by atoms with van der Waals surface area (Å²) in [6.07, 6.45) is 1.51. The monoisotopic (exact) mass is 341 g/mol. The van der Waals surface area contributed by atoms with Crippen LogP contribution >= 0.6 is 11.3 Å². The minimum Gasteiger partial charge on any atom is -0.338 e. The van der Waals surface area contributed by atoms with Crippen molar-refractivity contribution in [2.45, 2.75) is 33.6 Å². The van der Waals surface area contributed by atoms with Crippen LogP contribution in [-0.2, 0) is 0 Å². The normalized spacial score (nSPS) is 15.5. The van der Waals surface area contributed by atoms with Gasteiger partial charge in [0.25, 0.3) is 5.91 Å². The molecule has 1 aliphatic heterocycles. The third kappa shape index (κ3) is 3.29. The minimum atomic E-state index is 0.0255. The predicted octanol–water partition coefficient (Wildman–Crippen LogP) is 4.41. The van der Waals surface area contributed by atoms with E-state index >= 15 is 0 Å². The third-order valence-electron chi connectivity index (χ3n) is 4.81. The summed E-state index contributed by atoms with van der Waals surface area (Å²) in [5.74, 6) is 0.365. The summed E-state index contributed by atoms with van der Waals surface area (Å²) in [4.78, 5) is 28.0. The highest BCUT2D eigenvalue weighted by Crippen LogP contribution is 2.27. The molecule has 1 aromatic heterocycles. The van der Waals surface area contributed by atoms with Gasteiger partial charge in [-0.3, -0.25) is 9.59 Å². The maximum absolute atomic E-state index is 13.0. The molecule has 0 atom stereocenters. The first kappa shape index (κ1) is 16.9. The average molecular weight is 341 g/mol. The van der Waals surface area contributed by atoms with E-state index in [1.165, 1.54) is 16.9 Å². The number of piperidine rings is 1. The van der Waals surface area contributed by atoms with E-state index in [9.17, 15) is 9.59 Å². The first-order valence-electron chi connectivity index (χ1n) is 8.42. The second-order valence-electron chi connectivity index (χ2n) is 6.68. The van der Waals surface area contributed by atoms with Gasteiger partial charge in [0.1, 0.15) is 0 Å². The molecular formula is C20H23NO2S. The van der Waals surface area contributed by atoms with Gasteiger partial charge in [-0.15, -0.1) is 11.3 Å². The lowest BCUT2D eigenvalue weighted by Crippen LogP contribution is -2.40. The molecule has 0 bridgehead atoms. The van der Waals surface area contributed by atoms with Gasteiger partial charge < -0.3 is 4.90 Å². The van der Waals surface area contributed by atoms with E-state index in [0.717, 1.165) is 34.4 Å². The van der Waals surface area contributed by atoms with Crippen molar-refractivity contribution in [1.82, 2.24) is 4.90 Å². The summed E-state index contributed by atoms with van der Waals surface area (Å²) in [7, 11) is 0. The average Bonchev–Trinajstić information content (AvgIpc) is 3.07. The molecule has 24 heavy (non-hydrogen) atoms. The quantitative estimate of drug-likeness (QED) is 0.776. The fourth-order valence-electron chi connectivity index (χ4n) is 3.67. The number of hydrogen-bond donors (Lipinski definition) is 0. The molecule has 1 amide bonds. The van der Waals surface area contributed by atoms with Gasteiger partial charge >= 0.3 is 0 Å². The van der Waals surface area contributed by atoms with Crippen LogP contribution in [0.1, 0.15) is 49.6 Å². The van der Waals surface area contributed by atoms with Gasteiger partial charge in [-0.25, -0.2) is 0 Å². The highest BCUT2D eigenvalue weighted by Gasteiger charge is 2.29. The molecule has 1 aliphatic rings. The van der Waals surface area contributed by atoms with E-state index in [1.807, 2.05) is 36.3 Å². The number of aryl methyl sites for hydroxylation is 3. The van der Waals surface area contributed by atoms with Gasteiger partial charge in [0.15, 0.2) is 5.78 Å². The molecule has 2 aromatic rings. The van der Waals surface area contributed by atoms with Crippen LogP contribution in [0.15, 0.2) is 29.6 Å². The smallest absolute Gasteiger partial charge is 0.263 e. The number of ketones is 1. The Morgan fingerprint density at radius 3 is 2.25 bits per heavy atom. The number of benzene rings is 1. The Bertz CT molecular complexity index is 733. The summed E-state index contributed by atoms with van der Waals surface area (Å²) < 4.78 is 0. The Kier molecular flexibility index (Phi) is 4.86. The summed E-state index contributed by atoms with van der Waals surface area (Å²) in [6.45, 7) is 7.42. The number of rotatable bonds is 3. The van der Waals surface area contributed by atoms with Gasteiger partial charge in [0, 0.05) is 24.6 Å². The zero-order valence-electron chi connectivity index (χ0n) is 14.5. The lowest BCUT2D eigenvalue weighted by atomic mass is 9.85. The van der Waals surface area contributed by atoms with Crippen molar-refractivity contribution in [2.75, 3.05) is 13.1 Å². The van der Waals surface area contributed by atoms with E-state index in [1.54, 1.807) is 0 Å². The predicted molar refractivity (Wildman–Crippen MR) is 97.9 cm³/mol. The van der Waals surface area contributed by atoms with Crippen LogP contribution in [0.2, 0.25) is 0 Å². The molecule has 0 aliphatic carbocycles. The molecule has 0 N–H and O–H groups in total. The molecule has 3 rings (SSSR count). The van der Waals surface area contributed by atoms with Crippen molar-refractivity contribution in [3.05, 3.63) is 56.8 Å². The number of Topliss-reactive ketones (excluding diaryl/α,β-unsaturated/α-hetero) is 1. The Morgan fingerprint density at radius 1 is 1.08 bits per heavy atom. The molecule has 1 fully saturated rings. The largest absolute Gasteiger partial charge is 0.338 e. The Balaban J connectivity index is 1.69. The van der Waals surface area contributed by atoms with Gasteiger partial charge in [-0.1, -0.05) is 23.8 Å². The number of hydrogen-bond acceptors (Lipinski definition) is 3. The zero-order valence-corrected chi connectivity index (χ0v) is 15.3. The van der Waals surface area contributed by atoms with Crippen LogP contribution in [0.4, 0.5) is 0 Å². The van der Waals surface area contributed by atoms with Crippen molar-refractivity contribution < 1.29 is 9.59 Å². The maximum atomic E-state index is 13.0. The lowest BCUT2D eigenvalue weighted by Gasteiger charge is -2.31. The van der Waals surface area contributed by atoms with Crippen LogP contribution in [-0.4, -0.2) is 29.7 Å². The fraction of sp³-hybridized carbons (Fsp3) is 0.400. The molecule has 0 unspecified atom stereocenters. The first-order chi connectivity index (χ1) is 11.5. The lowest BCUT2D eigenvalue weighted by molar-refractivity contribution is 0.0654. The number of likely N-dealkylation sites (tertiary alicyclic amines) is 1. The van der Waals surface area contributed by atoms with Crippen LogP contribution in [0.3, 0.4) is 0 Å². The minimum absolute atomic E-state index is 0.0255. The molecular weight excluding hydrogens is 318 g/mol. The summed E-state index contributed by atoms with van der Waals surface area (Å²) in [5.41, 5.74) is 4.20. The maximum Gasteiger partial charge on any atom is 0.263 e. The summed E-state index contributed by atoms with van der Waals surface area (Å²) in [6, 6.07) is 7.92. The molecule has 4 heteroatoms. The standard InChI is InChI=1S/C20H23NO2S/c1-13-11-14(2)18(15(3)12-13)19(22)16-6-8-21(9-7-16)20(23)17-5-4-10-24-17/h4-5,10-12,16H,6-9H2,1-3H3. The highest BCUT2D eigenvalue weighted by atomic mass is 32.1. The number of carbonyl (C=O) groups is 2. The van der Waals surface area contributed by atoms with Crippen LogP contribution in [0.5, 0.6) is 0 Å². The second kappa shape index (κ2) is 6.89. The molecule has 0 spiro atoms. The van der Waals surface area contributed by atoms with Crippen molar-refractivity contribution >= 4 is 23.0 Å². The van der Waals surface area contributed by atoms with Gasteiger partial charge in [0.2, 0.25) is 0 Å². The van der Waals surface area contributed by atoms with Crippen LogP contribution in [0.25, 0.3) is 0 Å². The van der Waals surface area contributed by atoms with Crippen molar-refractivity contribution in [3.8, 4) is 0 Å². The topological polar surface area (TPSA) is 37.4 Å². The number of carbonyl (C=O) groups excluding carboxylic acids is 2. The Morgan fingerprint density at radius 2 is 1.71 bits per heavy atom. The number of nitrogens with zero attached hydrogens (tertiary/aromatic N) is 1. The molecule has 0 saturated carbocycles. The fourth-order valence-corrected chi connectivity index (χ4v) is 4.36. The molecule has 3 nitrogen and oxygen atoms in total. The zero-order chi connectivity index (χ0) is 17.3. The van der Waals surface area contributed by atoms with E-state index in [4.69, 9.17) is 0 Å². The number of thiophene rings is 1. The molecule has 0 radical (unpaired) electrons. The van der Waals surface area contributed by atoms with Crippen molar-refractivity contribution in [2.24, 2.45) is 5.92 Å². The highest BCUT2D eigenvalue weighted by molar-refractivity contribution is 7.12. The Labute approximate surface area is 147 Å². The molecule has 126 valence electrons. The van der Waals surface area contributed by atoms with Crippen molar-refractivity contribution in [3.63, 3.8) is 0 Å². The Hall–Kier alpha value is -1.94. The van der Waals surface area contributed by atoms with E-state index in [-0.39, 0.29) is 17.6 Å². The van der Waals surface area contributed by atoms with Crippen molar-refractivity contribution in [1.29, 1.82) is 0 Å². The van der Waals surface area contributed by atoms with E-state index in [2.05, 4.69) is 19.1 Å². The SMILES string of the molecule is Cc1cc(C)c(C(=O)C2CCN(C(=O)c3cccs3)CC2)c(C)c1. The van der Waals surface area contributed by atoms with E-state index in [0.29, 0.717) is 13.1 Å². The third-order valence-corrected chi connectivity index (χ3v) is 5.67. The van der Waals surface area contributed by atoms with Crippen LogP contribution in [0, 0.1) is 26.7 Å². The van der Waals surface area contributed by atoms with Gasteiger partial charge in [-0.05, 0) is 56.2 Å². The molecule has 1 aromatic carbocycles. The van der Waals surface area contributed by atoms with Gasteiger partial charge in [-0.2, -0.15) is 0 Å². The second-order valence-corrected chi connectivity index (χ2v) is 7.63.